The molecule has 2 N–H and O–H groups in total. The Labute approximate surface area is 220 Å². The number of non-ortho nitro benzene ring substituents is 1. The van der Waals surface area contributed by atoms with Crippen LogP contribution in [0.25, 0.3) is 0 Å². The average molecular weight is 525 g/mol. The molecule has 1 aliphatic rings. The molecule has 0 aromatic heterocycles. The molecule has 0 bridgehead atoms. The number of amides is 3. The van der Waals surface area contributed by atoms with Gasteiger partial charge in [0, 0.05) is 37.2 Å². The molecule has 202 valence electrons. The van der Waals surface area contributed by atoms with Gasteiger partial charge in [0.2, 0.25) is 5.91 Å². The third-order valence-electron chi connectivity index (χ3n) is 6.11. The zero-order chi connectivity index (χ0) is 28.2. The fraction of sp³-hybridized carbons (Fsp3) is 0.407. The van der Waals surface area contributed by atoms with Crippen molar-refractivity contribution >= 4 is 29.4 Å². The van der Waals surface area contributed by atoms with E-state index in [0.717, 1.165) is 5.56 Å². The van der Waals surface area contributed by atoms with Crippen molar-refractivity contribution in [3.05, 3.63) is 75.3 Å². The van der Waals surface area contributed by atoms with Crippen LogP contribution in [0.1, 0.15) is 61.1 Å². The first kappa shape index (κ1) is 28.3. The molecule has 11 nitrogen and oxygen atoms in total. The number of nitrogens with one attached hydrogen (secondary N) is 1. The van der Waals surface area contributed by atoms with Crippen molar-refractivity contribution in [3.8, 4) is 0 Å². The fourth-order valence-electron chi connectivity index (χ4n) is 4.41. The van der Waals surface area contributed by atoms with Crippen molar-refractivity contribution < 1.29 is 29.2 Å². The van der Waals surface area contributed by atoms with E-state index in [0.29, 0.717) is 5.56 Å². The topological polar surface area (TPSA) is 150 Å². The highest BCUT2D eigenvalue weighted by atomic mass is 16.6. The van der Waals surface area contributed by atoms with Crippen molar-refractivity contribution in [1.29, 1.82) is 0 Å². The molecule has 0 saturated carbocycles. The minimum absolute atomic E-state index is 0.112. The number of rotatable bonds is 8. The van der Waals surface area contributed by atoms with E-state index in [1.165, 1.54) is 34.1 Å². The third kappa shape index (κ3) is 6.93. The van der Waals surface area contributed by atoms with Gasteiger partial charge < -0.3 is 20.2 Å². The number of carboxylic acid groups (broad SMARTS) is 1. The summed E-state index contributed by atoms with van der Waals surface area (Å²) in [4.78, 5) is 65.3. The summed E-state index contributed by atoms with van der Waals surface area (Å²) in [6.45, 7) is 7.73. The lowest BCUT2D eigenvalue weighted by atomic mass is 9.91. The van der Waals surface area contributed by atoms with Crippen LogP contribution in [-0.4, -0.2) is 62.8 Å². The Kier molecular flexibility index (Phi) is 8.49. The summed E-state index contributed by atoms with van der Waals surface area (Å²) >= 11 is 0. The van der Waals surface area contributed by atoms with E-state index >= 15 is 0 Å². The highest BCUT2D eigenvalue weighted by Crippen LogP contribution is 2.27. The maximum atomic E-state index is 13.7. The average Bonchev–Trinajstić information content (AvgIpc) is 3.27. The van der Waals surface area contributed by atoms with Gasteiger partial charge in [0.25, 0.3) is 17.5 Å². The van der Waals surface area contributed by atoms with Crippen LogP contribution >= 0.6 is 0 Å². The van der Waals surface area contributed by atoms with Crippen LogP contribution in [0.3, 0.4) is 0 Å². The molecular weight excluding hydrogens is 492 g/mol. The van der Waals surface area contributed by atoms with Gasteiger partial charge in [0.15, 0.2) is 6.17 Å². The lowest BCUT2D eigenvalue weighted by Gasteiger charge is -2.32. The molecule has 1 heterocycles. The van der Waals surface area contributed by atoms with E-state index in [9.17, 15) is 34.4 Å². The van der Waals surface area contributed by atoms with Crippen molar-refractivity contribution in [3.63, 3.8) is 0 Å². The Morgan fingerprint density at radius 1 is 1.08 bits per heavy atom. The number of aryl methyl sites for hydroxylation is 1. The monoisotopic (exact) mass is 524 g/mol. The van der Waals surface area contributed by atoms with E-state index in [4.69, 9.17) is 0 Å². The molecular formula is C27H32N4O7. The zero-order valence-electron chi connectivity index (χ0n) is 21.8. The summed E-state index contributed by atoms with van der Waals surface area (Å²) in [6.07, 6.45) is -1.73. The molecule has 1 aliphatic heterocycles. The second-order valence-corrected chi connectivity index (χ2v) is 10.6. The van der Waals surface area contributed by atoms with Crippen molar-refractivity contribution in [1.82, 2.24) is 15.1 Å². The molecule has 2 aromatic carbocycles. The number of carbonyl (C=O) groups excluding carboxylic acids is 3. The predicted molar refractivity (Wildman–Crippen MR) is 138 cm³/mol. The standard InChI is InChI=1S/C27H32N4O7/c1-17-7-5-9-19(13-17)26(36)30-12-11-29(22(32)16-27(2,3)4)25(30)24(35)28-21(15-23(33)34)18-8-6-10-20(14-18)31(37)38/h5-10,13-14,21,25H,11-12,15-16H2,1-4H3,(H,28,35)(H,33,34). The van der Waals surface area contributed by atoms with Crippen LogP contribution in [-0.2, 0) is 14.4 Å². The van der Waals surface area contributed by atoms with E-state index in [-0.39, 0.29) is 42.1 Å². The lowest BCUT2D eigenvalue weighted by molar-refractivity contribution is -0.384. The Morgan fingerprint density at radius 3 is 2.34 bits per heavy atom. The molecule has 2 aromatic rings. The SMILES string of the molecule is Cc1cccc(C(=O)N2CCN(C(=O)CC(C)(C)C)C2C(=O)NC(CC(=O)O)c2cccc([N+](=O)[O-])c2)c1. The number of hydrogen-bond donors (Lipinski definition) is 2. The molecule has 3 amide bonds. The number of nitro benzene ring substituents is 1. The Morgan fingerprint density at radius 2 is 1.74 bits per heavy atom. The molecule has 0 aliphatic carbocycles. The Balaban J connectivity index is 1.97. The highest BCUT2D eigenvalue weighted by molar-refractivity contribution is 5.99. The normalized spacial score (nSPS) is 16.2. The largest absolute Gasteiger partial charge is 0.481 e. The second kappa shape index (κ2) is 11.4. The quantitative estimate of drug-likeness (QED) is 0.397. The van der Waals surface area contributed by atoms with Crippen molar-refractivity contribution in [2.24, 2.45) is 5.41 Å². The summed E-state index contributed by atoms with van der Waals surface area (Å²) in [5.41, 5.74) is 0.793. The van der Waals surface area contributed by atoms with Gasteiger partial charge in [-0.15, -0.1) is 0 Å². The summed E-state index contributed by atoms with van der Waals surface area (Å²) in [5, 5.41) is 23.4. The molecule has 38 heavy (non-hydrogen) atoms. The summed E-state index contributed by atoms with van der Waals surface area (Å²) in [5.74, 6) is -2.74. The molecule has 3 rings (SSSR count). The van der Waals surface area contributed by atoms with E-state index < -0.39 is 41.3 Å². The zero-order valence-corrected chi connectivity index (χ0v) is 21.8. The minimum Gasteiger partial charge on any atom is -0.481 e. The van der Waals surface area contributed by atoms with Crippen molar-refractivity contribution in [2.75, 3.05) is 13.1 Å². The number of carboxylic acids is 1. The number of benzene rings is 2. The smallest absolute Gasteiger partial charge is 0.305 e. The second-order valence-electron chi connectivity index (χ2n) is 10.6. The van der Waals surface area contributed by atoms with Gasteiger partial charge in [0.1, 0.15) is 0 Å². The Hall–Kier alpha value is -4.28. The fourth-order valence-corrected chi connectivity index (χ4v) is 4.41. The number of nitro groups is 1. The van der Waals surface area contributed by atoms with E-state index in [1.54, 1.807) is 18.2 Å². The van der Waals surface area contributed by atoms with Gasteiger partial charge >= 0.3 is 5.97 Å². The van der Waals surface area contributed by atoms with E-state index in [1.807, 2.05) is 33.8 Å². The summed E-state index contributed by atoms with van der Waals surface area (Å²) in [7, 11) is 0. The predicted octanol–water partition coefficient (Wildman–Crippen LogP) is 3.28. The van der Waals surface area contributed by atoms with Crippen LogP contribution in [0.2, 0.25) is 0 Å². The van der Waals surface area contributed by atoms with E-state index in [2.05, 4.69) is 5.32 Å². The van der Waals surface area contributed by atoms with Crippen LogP contribution < -0.4 is 5.32 Å². The van der Waals surface area contributed by atoms with Gasteiger partial charge in [-0.2, -0.15) is 0 Å². The summed E-state index contributed by atoms with van der Waals surface area (Å²) < 4.78 is 0. The molecule has 0 radical (unpaired) electrons. The molecule has 2 atom stereocenters. The molecule has 1 saturated heterocycles. The number of nitrogens with zero attached hydrogens (tertiary/aromatic N) is 3. The molecule has 0 spiro atoms. The van der Waals surface area contributed by atoms with Crippen LogP contribution in [0, 0.1) is 22.5 Å². The number of aliphatic carboxylic acids is 1. The van der Waals surface area contributed by atoms with Crippen LogP contribution in [0.5, 0.6) is 0 Å². The minimum atomic E-state index is -1.31. The van der Waals surface area contributed by atoms with Crippen LogP contribution in [0.4, 0.5) is 5.69 Å². The third-order valence-corrected chi connectivity index (χ3v) is 6.11. The van der Waals surface area contributed by atoms with Gasteiger partial charge in [-0.25, -0.2) is 0 Å². The van der Waals surface area contributed by atoms with Gasteiger partial charge in [-0.1, -0.05) is 50.6 Å². The number of carbonyl (C=O) groups is 4. The van der Waals surface area contributed by atoms with Gasteiger partial charge in [-0.05, 0) is 30.0 Å². The molecule has 11 heteroatoms. The maximum Gasteiger partial charge on any atom is 0.305 e. The lowest BCUT2D eigenvalue weighted by Crippen LogP contribution is -2.54. The molecule has 1 fully saturated rings. The van der Waals surface area contributed by atoms with Gasteiger partial charge in [0.05, 0.1) is 17.4 Å². The summed E-state index contributed by atoms with van der Waals surface area (Å²) in [6, 6.07) is 11.1. The molecule has 2 unspecified atom stereocenters. The Bertz CT molecular complexity index is 1250. The first-order valence-electron chi connectivity index (χ1n) is 12.2. The first-order chi connectivity index (χ1) is 17.8. The first-order valence-corrected chi connectivity index (χ1v) is 12.2. The number of hydrogen-bond acceptors (Lipinski definition) is 6. The van der Waals surface area contributed by atoms with Crippen LogP contribution in [0.15, 0.2) is 48.5 Å². The van der Waals surface area contributed by atoms with Gasteiger partial charge in [-0.3, -0.25) is 29.3 Å². The highest BCUT2D eigenvalue weighted by Gasteiger charge is 2.44. The van der Waals surface area contributed by atoms with Crippen molar-refractivity contribution in [2.45, 2.75) is 52.7 Å². The maximum absolute atomic E-state index is 13.7.